The average Bonchev–Trinajstić information content (AvgIpc) is 2.93. The van der Waals surface area contributed by atoms with Gasteiger partial charge in [-0.25, -0.2) is 13.8 Å². The Morgan fingerprint density at radius 3 is 2.49 bits per heavy atom. The van der Waals surface area contributed by atoms with Crippen LogP contribution in [0, 0.1) is 17.6 Å². The van der Waals surface area contributed by atoms with E-state index in [-0.39, 0.29) is 18.4 Å². The summed E-state index contributed by atoms with van der Waals surface area (Å²) in [6.45, 7) is 1.35. The van der Waals surface area contributed by atoms with Crippen molar-refractivity contribution in [2.24, 2.45) is 5.92 Å². The zero-order valence-electron chi connectivity index (χ0n) is 20.9. The van der Waals surface area contributed by atoms with Gasteiger partial charge in [-0.3, -0.25) is 4.79 Å². The van der Waals surface area contributed by atoms with Crippen LogP contribution in [0.4, 0.5) is 26.2 Å². The summed E-state index contributed by atoms with van der Waals surface area (Å²) in [4.78, 5) is 23.8. The third-order valence-corrected chi connectivity index (χ3v) is 6.13. The molecule has 0 spiro atoms. The van der Waals surface area contributed by atoms with Gasteiger partial charge in [0, 0.05) is 43.7 Å². The second-order valence-electron chi connectivity index (χ2n) is 8.53. The van der Waals surface area contributed by atoms with Crippen LogP contribution >= 0.6 is 0 Å². The fraction of sp³-hybridized carbons (Fsp3) is 0.346. The van der Waals surface area contributed by atoms with E-state index in [4.69, 9.17) is 14.2 Å². The van der Waals surface area contributed by atoms with Gasteiger partial charge in [0.2, 0.25) is 17.6 Å². The Balaban J connectivity index is 1.42. The normalized spacial score (nSPS) is 15.2. The number of benzene rings is 2. The molecule has 9 nitrogen and oxygen atoms in total. The monoisotopic (exact) mass is 513 g/mol. The van der Waals surface area contributed by atoms with Gasteiger partial charge in [-0.05, 0) is 36.6 Å². The number of amides is 1. The maximum absolute atomic E-state index is 13.4. The Morgan fingerprint density at radius 2 is 1.81 bits per heavy atom. The van der Waals surface area contributed by atoms with Crippen LogP contribution in [0.3, 0.4) is 0 Å². The molecule has 11 heteroatoms. The van der Waals surface area contributed by atoms with Crippen LogP contribution in [0.2, 0.25) is 0 Å². The number of nitrogens with zero attached hydrogens (tertiary/aromatic N) is 3. The molecule has 1 saturated heterocycles. The topological polar surface area (TPSA) is 97.8 Å². The fourth-order valence-corrected chi connectivity index (χ4v) is 4.25. The lowest BCUT2D eigenvalue weighted by Gasteiger charge is -2.33. The average molecular weight is 514 g/mol. The first-order chi connectivity index (χ1) is 17.9. The van der Waals surface area contributed by atoms with Crippen molar-refractivity contribution < 1.29 is 27.8 Å². The van der Waals surface area contributed by atoms with Crippen LogP contribution in [0.1, 0.15) is 18.4 Å². The predicted octanol–water partition coefficient (Wildman–Crippen LogP) is 4.06. The second kappa shape index (κ2) is 11.7. The van der Waals surface area contributed by atoms with E-state index in [0.29, 0.717) is 46.8 Å². The molecule has 37 heavy (non-hydrogen) atoms. The Bertz CT molecular complexity index is 1230. The molecule has 2 heterocycles. The van der Waals surface area contributed by atoms with Crippen molar-refractivity contribution in [1.82, 2.24) is 15.3 Å². The highest BCUT2D eigenvalue weighted by Crippen LogP contribution is 2.40. The number of carbonyl (C=O) groups excluding carboxylic acids is 1. The molecular formula is C26H29F2N5O4. The standard InChI is InChI=1S/C26H29F2N5O4/c1-35-21-12-18(13-22(36-2)24(21)37-3)31-26-29-9-8-23(32-26)33-10-4-5-17(15-33)25(34)30-14-16-6-7-19(27)20(28)11-16/h6-9,11-13,17H,4-5,10,14-15H2,1-3H3,(H,30,34)(H,29,31,32)/t17-/m0/s1. The molecule has 1 amide bonds. The van der Waals surface area contributed by atoms with Crippen molar-refractivity contribution in [1.29, 1.82) is 0 Å². The molecule has 2 N–H and O–H groups in total. The molecule has 196 valence electrons. The number of hydrogen-bond donors (Lipinski definition) is 2. The largest absolute Gasteiger partial charge is 0.493 e. The van der Waals surface area contributed by atoms with E-state index in [9.17, 15) is 13.6 Å². The lowest BCUT2D eigenvalue weighted by Crippen LogP contribution is -2.43. The third kappa shape index (κ3) is 6.16. The minimum atomic E-state index is -0.935. The molecule has 4 rings (SSSR count). The van der Waals surface area contributed by atoms with Crippen LogP contribution in [0.15, 0.2) is 42.6 Å². The first kappa shape index (κ1) is 25.9. The molecule has 3 aromatic rings. The Morgan fingerprint density at radius 1 is 1.05 bits per heavy atom. The summed E-state index contributed by atoms with van der Waals surface area (Å²) in [5, 5.41) is 5.99. The van der Waals surface area contributed by atoms with E-state index in [1.807, 2.05) is 4.90 Å². The highest BCUT2D eigenvalue weighted by Gasteiger charge is 2.27. The van der Waals surface area contributed by atoms with Gasteiger partial charge in [0.05, 0.1) is 27.2 Å². The summed E-state index contributed by atoms with van der Waals surface area (Å²) in [7, 11) is 4.62. The molecule has 1 atom stereocenters. The molecule has 1 fully saturated rings. The molecule has 0 saturated carbocycles. The summed E-state index contributed by atoms with van der Waals surface area (Å²) < 4.78 is 42.8. The number of piperidine rings is 1. The number of carbonyl (C=O) groups is 1. The quantitative estimate of drug-likeness (QED) is 0.442. The van der Waals surface area contributed by atoms with E-state index in [1.165, 1.54) is 13.2 Å². The summed E-state index contributed by atoms with van der Waals surface area (Å²) in [6.07, 6.45) is 3.18. The van der Waals surface area contributed by atoms with Gasteiger partial charge >= 0.3 is 0 Å². The third-order valence-electron chi connectivity index (χ3n) is 6.13. The second-order valence-corrected chi connectivity index (χ2v) is 8.53. The van der Waals surface area contributed by atoms with Gasteiger partial charge in [0.1, 0.15) is 5.82 Å². The lowest BCUT2D eigenvalue weighted by atomic mass is 9.97. The van der Waals surface area contributed by atoms with Crippen molar-refractivity contribution in [3.63, 3.8) is 0 Å². The number of halogens is 2. The molecule has 0 aliphatic carbocycles. The number of ether oxygens (including phenoxy) is 3. The highest BCUT2D eigenvalue weighted by atomic mass is 19.2. The van der Waals surface area contributed by atoms with Gasteiger partial charge in [-0.15, -0.1) is 0 Å². The minimum absolute atomic E-state index is 0.128. The predicted molar refractivity (Wildman–Crippen MR) is 135 cm³/mol. The molecule has 1 aromatic heterocycles. The summed E-state index contributed by atoms with van der Waals surface area (Å²) in [5.41, 5.74) is 1.15. The summed E-state index contributed by atoms with van der Waals surface area (Å²) >= 11 is 0. The molecule has 0 radical (unpaired) electrons. The van der Waals surface area contributed by atoms with Crippen molar-refractivity contribution in [2.45, 2.75) is 19.4 Å². The van der Waals surface area contributed by atoms with Crippen molar-refractivity contribution in [3.05, 3.63) is 59.8 Å². The Hall–Kier alpha value is -4.15. The maximum Gasteiger partial charge on any atom is 0.229 e. The fourth-order valence-electron chi connectivity index (χ4n) is 4.25. The van der Waals surface area contributed by atoms with Crippen molar-refractivity contribution >= 4 is 23.4 Å². The SMILES string of the molecule is COc1cc(Nc2nccc(N3CCC[C@H](C(=O)NCc4ccc(F)c(F)c4)C3)n2)cc(OC)c1OC. The van der Waals surface area contributed by atoms with Crippen LogP contribution in [-0.2, 0) is 11.3 Å². The summed E-state index contributed by atoms with van der Waals surface area (Å²) in [5.74, 6) is 0.270. The lowest BCUT2D eigenvalue weighted by molar-refractivity contribution is -0.125. The molecule has 1 aliphatic rings. The Kier molecular flexibility index (Phi) is 8.22. The maximum atomic E-state index is 13.4. The van der Waals surface area contributed by atoms with Crippen LogP contribution in [0.5, 0.6) is 17.2 Å². The van der Waals surface area contributed by atoms with E-state index in [1.54, 1.807) is 38.6 Å². The number of hydrogen-bond acceptors (Lipinski definition) is 8. The number of methoxy groups -OCH3 is 3. The molecular weight excluding hydrogens is 484 g/mol. The highest BCUT2D eigenvalue weighted by molar-refractivity contribution is 5.79. The number of nitrogens with one attached hydrogen (secondary N) is 2. The minimum Gasteiger partial charge on any atom is -0.493 e. The molecule has 1 aliphatic heterocycles. The van der Waals surface area contributed by atoms with Gasteiger partial charge in [0.15, 0.2) is 23.1 Å². The van der Waals surface area contributed by atoms with Gasteiger partial charge in [-0.2, -0.15) is 4.98 Å². The smallest absolute Gasteiger partial charge is 0.229 e. The van der Waals surface area contributed by atoms with Crippen molar-refractivity contribution in [3.8, 4) is 17.2 Å². The van der Waals surface area contributed by atoms with E-state index in [0.717, 1.165) is 31.5 Å². The van der Waals surface area contributed by atoms with E-state index < -0.39 is 11.6 Å². The molecule has 0 bridgehead atoms. The first-order valence-electron chi connectivity index (χ1n) is 11.8. The molecule has 2 aromatic carbocycles. The van der Waals surface area contributed by atoms with Gasteiger partial charge in [-0.1, -0.05) is 6.07 Å². The zero-order chi connectivity index (χ0) is 26.4. The van der Waals surface area contributed by atoms with Gasteiger partial charge < -0.3 is 29.7 Å². The summed E-state index contributed by atoms with van der Waals surface area (Å²) in [6, 6.07) is 8.90. The van der Waals surface area contributed by atoms with Crippen LogP contribution < -0.4 is 29.7 Å². The van der Waals surface area contributed by atoms with Crippen LogP contribution in [0.25, 0.3) is 0 Å². The van der Waals surface area contributed by atoms with Crippen molar-refractivity contribution in [2.75, 3.05) is 44.6 Å². The molecule has 0 unspecified atom stereocenters. The van der Waals surface area contributed by atoms with E-state index in [2.05, 4.69) is 20.6 Å². The van der Waals surface area contributed by atoms with Gasteiger partial charge in [0.25, 0.3) is 0 Å². The number of rotatable bonds is 9. The zero-order valence-corrected chi connectivity index (χ0v) is 20.9. The number of aromatic nitrogens is 2. The Labute approximate surface area is 213 Å². The number of anilines is 3. The first-order valence-corrected chi connectivity index (χ1v) is 11.8. The van der Waals surface area contributed by atoms with Crippen LogP contribution in [-0.4, -0.2) is 50.3 Å². The van der Waals surface area contributed by atoms with E-state index >= 15 is 0 Å².